The number of hydrogen-bond acceptors (Lipinski definition) is 3. The molecule has 1 aliphatic rings. The molecule has 0 aliphatic carbocycles. The Balaban J connectivity index is 2.04. The van der Waals surface area contributed by atoms with E-state index in [1.54, 1.807) is 0 Å². The molecule has 0 N–H and O–H groups in total. The molecule has 0 saturated carbocycles. The van der Waals surface area contributed by atoms with Gasteiger partial charge in [0.1, 0.15) is 0 Å². The molecule has 0 bridgehead atoms. The van der Waals surface area contributed by atoms with Crippen LogP contribution in [-0.2, 0) is 9.53 Å². The molecule has 2 aromatic rings. The van der Waals surface area contributed by atoms with E-state index in [2.05, 4.69) is 11.7 Å². The SMILES string of the molecule is C=CC(=O)N1CCOCC1c1c(C)nn(-c2ccccc2)c1C. The van der Waals surface area contributed by atoms with Gasteiger partial charge in [-0.2, -0.15) is 5.10 Å². The van der Waals surface area contributed by atoms with Crippen LogP contribution in [0.4, 0.5) is 0 Å². The fourth-order valence-electron chi connectivity index (χ4n) is 3.18. The lowest BCUT2D eigenvalue weighted by molar-refractivity contribution is -0.134. The van der Waals surface area contributed by atoms with Crippen molar-refractivity contribution in [2.75, 3.05) is 19.8 Å². The first-order chi connectivity index (χ1) is 11.1. The van der Waals surface area contributed by atoms with Gasteiger partial charge in [0, 0.05) is 17.8 Å². The maximum atomic E-state index is 12.2. The molecule has 1 aromatic carbocycles. The van der Waals surface area contributed by atoms with Gasteiger partial charge in [-0.05, 0) is 32.1 Å². The van der Waals surface area contributed by atoms with E-state index in [0.717, 1.165) is 22.6 Å². The van der Waals surface area contributed by atoms with Crippen LogP contribution in [0.1, 0.15) is 23.0 Å². The summed E-state index contributed by atoms with van der Waals surface area (Å²) >= 11 is 0. The zero-order valence-corrected chi connectivity index (χ0v) is 13.5. The summed E-state index contributed by atoms with van der Waals surface area (Å²) in [4.78, 5) is 14.0. The van der Waals surface area contributed by atoms with Gasteiger partial charge in [-0.25, -0.2) is 4.68 Å². The van der Waals surface area contributed by atoms with E-state index in [0.29, 0.717) is 19.8 Å². The zero-order chi connectivity index (χ0) is 16.4. The molecule has 1 atom stereocenters. The minimum absolute atomic E-state index is 0.0652. The summed E-state index contributed by atoms with van der Waals surface area (Å²) in [6, 6.07) is 9.88. The molecule has 1 aromatic heterocycles. The van der Waals surface area contributed by atoms with Crippen LogP contribution in [0.2, 0.25) is 0 Å². The van der Waals surface area contributed by atoms with Gasteiger partial charge in [0.05, 0.1) is 30.6 Å². The smallest absolute Gasteiger partial charge is 0.246 e. The molecule has 23 heavy (non-hydrogen) atoms. The van der Waals surface area contributed by atoms with E-state index < -0.39 is 0 Å². The van der Waals surface area contributed by atoms with Crippen molar-refractivity contribution in [2.24, 2.45) is 0 Å². The molecule has 120 valence electrons. The predicted octanol–water partition coefficient (Wildman–Crippen LogP) is 2.58. The first-order valence-corrected chi connectivity index (χ1v) is 7.75. The molecule has 1 unspecified atom stereocenters. The number of nitrogens with zero attached hydrogens (tertiary/aromatic N) is 3. The monoisotopic (exact) mass is 311 g/mol. The van der Waals surface area contributed by atoms with Crippen molar-refractivity contribution in [2.45, 2.75) is 19.9 Å². The number of hydrogen-bond donors (Lipinski definition) is 0. The second-order valence-electron chi connectivity index (χ2n) is 5.66. The number of morpholine rings is 1. The average Bonchev–Trinajstić information content (AvgIpc) is 2.89. The van der Waals surface area contributed by atoms with E-state index in [4.69, 9.17) is 4.74 Å². The van der Waals surface area contributed by atoms with Gasteiger partial charge in [-0.1, -0.05) is 24.8 Å². The lowest BCUT2D eigenvalue weighted by Crippen LogP contribution is -2.43. The highest BCUT2D eigenvalue weighted by atomic mass is 16.5. The van der Waals surface area contributed by atoms with E-state index >= 15 is 0 Å². The van der Waals surface area contributed by atoms with Gasteiger partial charge in [-0.3, -0.25) is 4.79 Å². The lowest BCUT2D eigenvalue weighted by Gasteiger charge is -2.35. The Morgan fingerprint density at radius 3 is 2.78 bits per heavy atom. The lowest BCUT2D eigenvalue weighted by atomic mass is 10.0. The summed E-state index contributed by atoms with van der Waals surface area (Å²) in [6.45, 7) is 9.24. The molecular weight excluding hydrogens is 290 g/mol. The third-order valence-corrected chi connectivity index (χ3v) is 4.27. The minimum Gasteiger partial charge on any atom is -0.377 e. The van der Waals surface area contributed by atoms with Crippen LogP contribution in [0.3, 0.4) is 0 Å². The summed E-state index contributed by atoms with van der Waals surface area (Å²) in [5, 5.41) is 4.67. The normalized spacial score (nSPS) is 18.0. The number of carbonyl (C=O) groups excluding carboxylic acids is 1. The molecule has 1 aliphatic heterocycles. The van der Waals surface area contributed by atoms with Crippen molar-refractivity contribution >= 4 is 5.91 Å². The van der Waals surface area contributed by atoms with Gasteiger partial charge < -0.3 is 9.64 Å². The Kier molecular flexibility index (Phi) is 4.30. The number of aryl methyl sites for hydroxylation is 1. The van der Waals surface area contributed by atoms with Crippen molar-refractivity contribution in [3.8, 4) is 5.69 Å². The van der Waals surface area contributed by atoms with Crippen molar-refractivity contribution in [3.63, 3.8) is 0 Å². The molecule has 1 amide bonds. The third kappa shape index (κ3) is 2.80. The summed E-state index contributed by atoms with van der Waals surface area (Å²) in [6.07, 6.45) is 1.37. The van der Waals surface area contributed by atoms with Crippen molar-refractivity contribution in [3.05, 3.63) is 59.9 Å². The molecule has 2 heterocycles. The Bertz CT molecular complexity index is 721. The standard InChI is InChI=1S/C18H21N3O2/c1-4-17(22)20-10-11-23-12-16(20)18-13(2)19-21(14(18)3)15-8-6-5-7-9-15/h4-9,16H,1,10-12H2,2-3H3. The second-order valence-corrected chi connectivity index (χ2v) is 5.66. The van der Waals surface area contributed by atoms with Crippen molar-refractivity contribution in [1.82, 2.24) is 14.7 Å². The van der Waals surface area contributed by atoms with Crippen LogP contribution in [0.5, 0.6) is 0 Å². The summed E-state index contributed by atoms with van der Waals surface area (Å²) < 4.78 is 7.55. The van der Waals surface area contributed by atoms with Gasteiger partial charge >= 0.3 is 0 Å². The molecule has 5 heteroatoms. The highest BCUT2D eigenvalue weighted by Gasteiger charge is 2.31. The molecule has 0 spiro atoms. The van der Waals surface area contributed by atoms with Crippen LogP contribution in [0.25, 0.3) is 5.69 Å². The Labute approximate surface area is 136 Å². The maximum Gasteiger partial charge on any atom is 0.246 e. The number of amides is 1. The van der Waals surface area contributed by atoms with Crippen LogP contribution >= 0.6 is 0 Å². The molecule has 0 radical (unpaired) electrons. The molecule has 1 saturated heterocycles. The maximum absolute atomic E-state index is 12.2. The minimum atomic E-state index is -0.119. The molecule has 5 nitrogen and oxygen atoms in total. The van der Waals surface area contributed by atoms with E-state index in [-0.39, 0.29) is 11.9 Å². The topological polar surface area (TPSA) is 47.4 Å². The quantitative estimate of drug-likeness (QED) is 0.819. The van der Waals surface area contributed by atoms with Gasteiger partial charge in [0.2, 0.25) is 5.91 Å². The van der Waals surface area contributed by atoms with Crippen LogP contribution in [0.15, 0.2) is 43.0 Å². The highest BCUT2D eigenvalue weighted by Crippen LogP contribution is 2.30. The van der Waals surface area contributed by atoms with Crippen molar-refractivity contribution in [1.29, 1.82) is 0 Å². The molecular formula is C18H21N3O2. The Hall–Kier alpha value is -2.40. The number of benzene rings is 1. The van der Waals surface area contributed by atoms with Gasteiger partial charge in [-0.15, -0.1) is 0 Å². The summed E-state index contributed by atoms with van der Waals surface area (Å²) in [7, 11) is 0. The average molecular weight is 311 g/mol. The van der Waals surface area contributed by atoms with Gasteiger partial charge in [0.25, 0.3) is 0 Å². The number of para-hydroxylation sites is 1. The summed E-state index contributed by atoms with van der Waals surface area (Å²) in [5.41, 5.74) is 4.02. The number of carbonyl (C=O) groups is 1. The fourth-order valence-corrected chi connectivity index (χ4v) is 3.18. The largest absolute Gasteiger partial charge is 0.377 e. The zero-order valence-electron chi connectivity index (χ0n) is 13.5. The van der Waals surface area contributed by atoms with Crippen LogP contribution in [-0.4, -0.2) is 40.3 Å². The molecule has 1 fully saturated rings. The van der Waals surface area contributed by atoms with Crippen molar-refractivity contribution < 1.29 is 9.53 Å². The van der Waals surface area contributed by atoms with E-state index in [1.807, 2.05) is 53.8 Å². The molecule has 3 rings (SSSR count). The number of aromatic nitrogens is 2. The second kappa shape index (κ2) is 6.38. The third-order valence-electron chi connectivity index (χ3n) is 4.27. The van der Waals surface area contributed by atoms with Gasteiger partial charge in [0.15, 0.2) is 0 Å². The number of rotatable bonds is 3. The first kappa shape index (κ1) is 15.5. The Morgan fingerprint density at radius 2 is 2.09 bits per heavy atom. The predicted molar refractivity (Wildman–Crippen MR) is 88.5 cm³/mol. The Morgan fingerprint density at radius 1 is 1.35 bits per heavy atom. The van der Waals surface area contributed by atoms with Crippen LogP contribution < -0.4 is 0 Å². The fraction of sp³-hybridized carbons (Fsp3) is 0.333. The first-order valence-electron chi connectivity index (χ1n) is 7.75. The summed E-state index contributed by atoms with van der Waals surface area (Å²) in [5.74, 6) is -0.0652. The van der Waals surface area contributed by atoms with Crippen LogP contribution in [0, 0.1) is 13.8 Å². The van der Waals surface area contributed by atoms with E-state index in [9.17, 15) is 4.79 Å². The number of ether oxygens (including phenoxy) is 1. The van der Waals surface area contributed by atoms with E-state index in [1.165, 1.54) is 6.08 Å². The highest BCUT2D eigenvalue weighted by molar-refractivity contribution is 5.87.